The second-order valence-corrected chi connectivity index (χ2v) is 5.32. The number of aromatic nitrogens is 4. The van der Waals surface area contributed by atoms with Crippen molar-refractivity contribution in [1.29, 1.82) is 0 Å². The molecule has 0 aliphatic rings. The van der Waals surface area contributed by atoms with Crippen LogP contribution in [0.3, 0.4) is 0 Å². The van der Waals surface area contributed by atoms with Gasteiger partial charge in [0.15, 0.2) is 17.2 Å². The molecule has 25 heavy (non-hydrogen) atoms. The molecule has 7 heteroatoms. The van der Waals surface area contributed by atoms with E-state index in [0.29, 0.717) is 22.8 Å². The number of pyridine rings is 1. The van der Waals surface area contributed by atoms with Gasteiger partial charge in [-0.05, 0) is 36.4 Å². The molecule has 7 nitrogen and oxygen atoms in total. The van der Waals surface area contributed by atoms with Crippen LogP contribution in [-0.4, -0.2) is 25.5 Å². The number of nitrogens with one attached hydrogen (secondary N) is 2. The number of nitrogens with zero attached hydrogens (tertiary/aromatic N) is 4. The second kappa shape index (κ2) is 6.40. The fourth-order valence-electron chi connectivity index (χ4n) is 2.40. The highest BCUT2D eigenvalue weighted by atomic mass is 16.2. The molecule has 0 fully saturated rings. The highest BCUT2D eigenvalue weighted by molar-refractivity contribution is 6.03. The Morgan fingerprint density at radius 2 is 1.76 bits per heavy atom. The van der Waals surface area contributed by atoms with Crippen LogP contribution in [0.25, 0.3) is 5.65 Å². The minimum absolute atomic E-state index is 0.273. The molecule has 4 aromatic rings. The number of carbonyl (C=O) groups excluding carboxylic acids is 1. The van der Waals surface area contributed by atoms with Gasteiger partial charge in [-0.2, -0.15) is 0 Å². The third-order valence-electron chi connectivity index (χ3n) is 3.56. The maximum atomic E-state index is 12.5. The zero-order valence-corrected chi connectivity index (χ0v) is 13.1. The Kier molecular flexibility index (Phi) is 3.80. The van der Waals surface area contributed by atoms with Crippen LogP contribution >= 0.6 is 0 Å². The van der Waals surface area contributed by atoms with Gasteiger partial charge in [0, 0.05) is 11.9 Å². The van der Waals surface area contributed by atoms with Crippen molar-refractivity contribution in [3.63, 3.8) is 0 Å². The Labute approximate surface area is 143 Å². The number of imidazole rings is 1. The lowest BCUT2D eigenvalue weighted by atomic mass is 10.3. The monoisotopic (exact) mass is 330 g/mol. The van der Waals surface area contributed by atoms with Gasteiger partial charge in [0.05, 0.1) is 18.1 Å². The summed E-state index contributed by atoms with van der Waals surface area (Å²) in [6.07, 6.45) is 4.90. The second-order valence-electron chi connectivity index (χ2n) is 5.32. The van der Waals surface area contributed by atoms with Crippen molar-refractivity contribution in [1.82, 2.24) is 19.6 Å². The normalized spacial score (nSPS) is 10.6. The van der Waals surface area contributed by atoms with E-state index >= 15 is 0 Å². The van der Waals surface area contributed by atoms with Crippen molar-refractivity contribution in [3.8, 4) is 0 Å². The molecular formula is C18H14N6O. The van der Waals surface area contributed by atoms with Crippen molar-refractivity contribution in [3.05, 3.63) is 78.9 Å². The van der Waals surface area contributed by atoms with Crippen molar-refractivity contribution in [2.75, 3.05) is 10.6 Å². The zero-order valence-electron chi connectivity index (χ0n) is 13.1. The van der Waals surface area contributed by atoms with Crippen LogP contribution in [0.4, 0.5) is 17.2 Å². The highest BCUT2D eigenvalue weighted by Crippen LogP contribution is 2.15. The predicted molar refractivity (Wildman–Crippen MR) is 94.9 cm³/mol. The molecule has 122 valence electrons. The lowest BCUT2D eigenvalue weighted by Crippen LogP contribution is -2.15. The van der Waals surface area contributed by atoms with E-state index < -0.39 is 0 Å². The van der Waals surface area contributed by atoms with Crippen molar-refractivity contribution < 1.29 is 4.79 Å². The third kappa shape index (κ3) is 3.16. The van der Waals surface area contributed by atoms with E-state index in [0.717, 1.165) is 5.69 Å². The lowest BCUT2D eigenvalue weighted by molar-refractivity contribution is 0.102. The van der Waals surface area contributed by atoms with Gasteiger partial charge in [-0.25, -0.2) is 9.50 Å². The number of hydrogen-bond donors (Lipinski definition) is 2. The molecule has 0 saturated carbocycles. The molecule has 1 aromatic carbocycles. The van der Waals surface area contributed by atoms with E-state index in [2.05, 4.69) is 25.7 Å². The Balaban J connectivity index is 1.63. The molecule has 0 aliphatic heterocycles. The summed E-state index contributed by atoms with van der Waals surface area (Å²) >= 11 is 0. The summed E-state index contributed by atoms with van der Waals surface area (Å²) in [5.41, 5.74) is 2.47. The van der Waals surface area contributed by atoms with E-state index in [9.17, 15) is 4.79 Å². The molecule has 3 heterocycles. The topological polar surface area (TPSA) is 84.2 Å². The number of amides is 1. The minimum Gasteiger partial charge on any atom is -0.338 e. The number of hydrogen-bond acceptors (Lipinski definition) is 5. The predicted octanol–water partition coefficient (Wildman–Crippen LogP) is 3.12. The van der Waals surface area contributed by atoms with E-state index in [1.807, 2.05) is 42.5 Å². The molecule has 0 atom stereocenters. The van der Waals surface area contributed by atoms with Gasteiger partial charge in [0.1, 0.15) is 0 Å². The number of benzene rings is 1. The Morgan fingerprint density at radius 3 is 2.56 bits per heavy atom. The average Bonchev–Trinajstić information content (AvgIpc) is 3.07. The summed E-state index contributed by atoms with van der Waals surface area (Å²) in [5.74, 6) is 0.317. The SMILES string of the molecule is O=C(Nc1ccccc1)c1cnc2ccc(Nc3cccnc3)nn12. The number of para-hydroxylation sites is 1. The molecule has 3 aromatic heterocycles. The van der Waals surface area contributed by atoms with Gasteiger partial charge in [-0.1, -0.05) is 18.2 Å². The van der Waals surface area contributed by atoms with Crippen LogP contribution in [0.2, 0.25) is 0 Å². The summed E-state index contributed by atoms with van der Waals surface area (Å²) in [4.78, 5) is 20.8. The van der Waals surface area contributed by atoms with Crippen molar-refractivity contribution in [2.45, 2.75) is 0 Å². The zero-order chi connectivity index (χ0) is 17.1. The largest absolute Gasteiger partial charge is 0.338 e. The highest BCUT2D eigenvalue weighted by Gasteiger charge is 2.14. The first kappa shape index (κ1) is 14.8. The van der Waals surface area contributed by atoms with Crippen LogP contribution in [0.1, 0.15) is 10.5 Å². The molecule has 0 aliphatic carbocycles. The molecule has 0 bridgehead atoms. The van der Waals surface area contributed by atoms with E-state index in [1.54, 1.807) is 24.5 Å². The summed E-state index contributed by atoms with van der Waals surface area (Å²) in [7, 11) is 0. The number of fused-ring (bicyclic) bond motifs is 1. The third-order valence-corrected chi connectivity index (χ3v) is 3.56. The Hall–Kier alpha value is -3.74. The lowest BCUT2D eigenvalue weighted by Gasteiger charge is -2.07. The molecule has 0 spiro atoms. The maximum Gasteiger partial charge on any atom is 0.276 e. The van der Waals surface area contributed by atoms with Crippen LogP contribution in [0, 0.1) is 0 Å². The molecule has 1 amide bonds. The number of rotatable bonds is 4. The van der Waals surface area contributed by atoms with Crippen LogP contribution in [0.15, 0.2) is 73.2 Å². The summed E-state index contributed by atoms with van der Waals surface area (Å²) in [6, 6.07) is 16.6. The van der Waals surface area contributed by atoms with E-state index in [-0.39, 0.29) is 5.91 Å². The molecule has 4 rings (SSSR count). The molecular weight excluding hydrogens is 316 g/mol. The summed E-state index contributed by atoms with van der Waals surface area (Å²) < 4.78 is 1.51. The van der Waals surface area contributed by atoms with Gasteiger partial charge < -0.3 is 10.6 Å². The van der Waals surface area contributed by atoms with Gasteiger partial charge in [-0.3, -0.25) is 9.78 Å². The molecule has 0 saturated heterocycles. The Morgan fingerprint density at radius 1 is 0.920 bits per heavy atom. The fraction of sp³-hybridized carbons (Fsp3) is 0. The number of anilines is 3. The first-order valence-electron chi connectivity index (χ1n) is 7.68. The van der Waals surface area contributed by atoms with Gasteiger partial charge in [0.25, 0.3) is 5.91 Å². The first-order chi connectivity index (χ1) is 12.3. The fourth-order valence-corrected chi connectivity index (χ4v) is 2.40. The van der Waals surface area contributed by atoms with Crippen LogP contribution < -0.4 is 10.6 Å². The molecule has 2 N–H and O–H groups in total. The molecule has 0 unspecified atom stereocenters. The van der Waals surface area contributed by atoms with Gasteiger partial charge in [0.2, 0.25) is 0 Å². The first-order valence-corrected chi connectivity index (χ1v) is 7.68. The average molecular weight is 330 g/mol. The standard InChI is InChI=1S/C18H14N6O/c25-18(22-13-5-2-1-3-6-13)15-12-20-17-9-8-16(23-24(15)17)21-14-7-4-10-19-11-14/h1-12H,(H,21,23)(H,22,25). The van der Waals surface area contributed by atoms with Gasteiger partial charge >= 0.3 is 0 Å². The van der Waals surface area contributed by atoms with E-state index in [1.165, 1.54) is 10.7 Å². The van der Waals surface area contributed by atoms with Crippen LogP contribution in [0.5, 0.6) is 0 Å². The Bertz CT molecular complexity index is 1010. The quantitative estimate of drug-likeness (QED) is 0.600. The summed E-state index contributed by atoms with van der Waals surface area (Å²) in [5, 5.41) is 10.4. The van der Waals surface area contributed by atoms with E-state index in [4.69, 9.17) is 0 Å². The van der Waals surface area contributed by atoms with Gasteiger partial charge in [-0.15, -0.1) is 5.10 Å². The minimum atomic E-state index is -0.273. The van der Waals surface area contributed by atoms with Crippen molar-refractivity contribution in [2.24, 2.45) is 0 Å². The van der Waals surface area contributed by atoms with Crippen molar-refractivity contribution >= 4 is 28.7 Å². The summed E-state index contributed by atoms with van der Waals surface area (Å²) in [6.45, 7) is 0. The smallest absolute Gasteiger partial charge is 0.276 e. The number of carbonyl (C=O) groups is 1. The molecule has 0 radical (unpaired) electrons. The van der Waals surface area contributed by atoms with Crippen LogP contribution in [-0.2, 0) is 0 Å². The maximum absolute atomic E-state index is 12.5.